The molecule has 1 aromatic heterocycles. The SMILES string of the molecule is CCc1cc(NC(=O)c2ncc(-c3ccc(OC(F)F)c(F)c3F)n2C)ccc1C(=O)N1CCN(C(=O)C(CC)CCN(C)CC2CCNCC2)CC1. The fourth-order valence-corrected chi connectivity index (χ4v) is 7.18. The number of aromatic nitrogens is 2. The normalized spacial score (nSPS) is 16.0. The maximum absolute atomic E-state index is 14.8. The Balaban J connectivity index is 1.16. The summed E-state index contributed by atoms with van der Waals surface area (Å²) in [6.07, 6.45) is 5.65. The third-order valence-electron chi connectivity index (χ3n) is 10.3. The second kappa shape index (κ2) is 18.0. The maximum atomic E-state index is 14.8. The lowest BCUT2D eigenvalue weighted by atomic mass is 9.96. The van der Waals surface area contributed by atoms with Gasteiger partial charge in [0.25, 0.3) is 11.8 Å². The molecule has 53 heavy (non-hydrogen) atoms. The monoisotopic (exact) mass is 743 g/mol. The number of amides is 3. The van der Waals surface area contributed by atoms with Crippen molar-refractivity contribution in [1.29, 1.82) is 0 Å². The Bertz CT molecular complexity index is 1760. The van der Waals surface area contributed by atoms with Crippen molar-refractivity contribution in [3.05, 3.63) is 65.1 Å². The number of nitrogens with zero attached hydrogens (tertiary/aromatic N) is 5. The van der Waals surface area contributed by atoms with E-state index < -0.39 is 29.9 Å². The van der Waals surface area contributed by atoms with Crippen LogP contribution in [-0.4, -0.2) is 108 Å². The third-order valence-corrected chi connectivity index (χ3v) is 10.3. The van der Waals surface area contributed by atoms with Gasteiger partial charge in [-0.3, -0.25) is 14.4 Å². The van der Waals surface area contributed by atoms with E-state index in [0.29, 0.717) is 49.8 Å². The van der Waals surface area contributed by atoms with Crippen molar-refractivity contribution in [2.45, 2.75) is 52.6 Å². The van der Waals surface area contributed by atoms with Crippen LogP contribution >= 0.6 is 0 Å². The van der Waals surface area contributed by atoms with E-state index in [9.17, 15) is 31.9 Å². The second-order valence-corrected chi connectivity index (χ2v) is 13.8. The van der Waals surface area contributed by atoms with E-state index in [-0.39, 0.29) is 34.8 Å². The summed E-state index contributed by atoms with van der Waals surface area (Å²) in [5, 5.41) is 6.15. The number of carbonyl (C=O) groups is 3. The van der Waals surface area contributed by atoms with Crippen LogP contribution in [0.4, 0.5) is 23.2 Å². The molecule has 0 radical (unpaired) electrons. The molecule has 11 nitrogen and oxygen atoms in total. The molecule has 2 aliphatic heterocycles. The maximum Gasteiger partial charge on any atom is 0.387 e. The second-order valence-electron chi connectivity index (χ2n) is 13.8. The Labute approximate surface area is 307 Å². The average Bonchev–Trinajstić information content (AvgIpc) is 3.54. The van der Waals surface area contributed by atoms with Crippen LogP contribution in [0.2, 0.25) is 0 Å². The van der Waals surface area contributed by atoms with Gasteiger partial charge in [-0.15, -0.1) is 0 Å². The van der Waals surface area contributed by atoms with Crippen molar-refractivity contribution in [3.8, 4) is 17.0 Å². The van der Waals surface area contributed by atoms with Gasteiger partial charge in [-0.1, -0.05) is 13.8 Å². The van der Waals surface area contributed by atoms with Crippen molar-refractivity contribution >= 4 is 23.4 Å². The van der Waals surface area contributed by atoms with Crippen LogP contribution in [0.1, 0.15) is 66.1 Å². The molecule has 2 saturated heterocycles. The first-order chi connectivity index (χ1) is 25.4. The molecular formula is C38H49F4N7O4. The van der Waals surface area contributed by atoms with Crippen molar-refractivity contribution in [1.82, 2.24) is 29.6 Å². The molecular weight excluding hydrogens is 694 g/mol. The van der Waals surface area contributed by atoms with Crippen LogP contribution in [-0.2, 0) is 18.3 Å². The van der Waals surface area contributed by atoms with Gasteiger partial charge in [0.2, 0.25) is 11.7 Å². The topological polar surface area (TPSA) is 112 Å². The molecule has 2 fully saturated rings. The number of carbonyl (C=O) groups excluding carboxylic acids is 3. The molecule has 15 heteroatoms. The van der Waals surface area contributed by atoms with Crippen molar-refractivity contribution in [2.75, 3.05) is 64.7 Å². The highest BCUT2D eigenvalue weighted by atomic mass is 19.3. The molecule has 3 amide bonds. The lowest BCUT2D eigenvalue weighted by Gasteiger charge is -2.37. The van der Waals surface area contributed by atoms with Gasteiger partial charge in [-0.2, -0.15) is 13.2 Å². The zero-order valence-corrected chi connectivity index (χ0v) is 30.8. The summed E-state index contributed by atoms with van der Waals surface area (Å²) in [5.41, 5.74) is 1.37. The fraction of sp³-hybridized carbons (Fsp3) is 0.526. The molecule has 288 valence electrons. The minimum Gasteiger partial charge on any atom is -0.432 e. The van der Waals surface area contributed by atoms with Crippen LogP contribution in [0.25, 0.3) is 11.3 Å². The summed E-state index contributed by atoms with van der Waals surface area (Å²) in [6.45, 7) is 6.50. The van der Waals surface area contributed by atoms with E-state index in [1.807, 2.05) is 11.8 Å². The molecule has 5 rings (SSSR count). The number of piperidine rings is 1. The van der Waals surface area contributed by atoms with Gasteiger partial charge in [0.15, 0.2) is 17.4 Å². The zero-order chi connectivity index (χ0) is 38.2. The Morgan fingerprint density at radius 2 is 1.72 bits per heavy atom. The number of hydrogen-bond donors (Lipinski definition) is 2. The van der Waals surface area contributed by atoms with E-state index in [0.717, 1.165) is 56.7 Å². The number of alkyl halides is 2. The molecule has 1 unspecified atom stereocenters. The Hall–Kier alpha value is -4.50. The molecule has 0 bridgehead atoms. The predicted octanol–water partition coefficient (Wildman–Crippen LogP) is 5.41. The number of aryl methyl sites for hydroxylation is 1. The quantitative estimate of drug-likeness (QED) is 0.213. The van der Waals surface area contributed by atoms with Crippen LogP contribution in [0.3, 0.4) is 0 Å². The summed E-state index contributed by atoms with van der Waals surface area (Å²) >= 11 is 0. The smallest absolute Gasteiger partial charge is 0.387 e. The molecule has 2 aliphatic rings. The lowest BCUT2D eigenvalue weighted by molar-refractivity contribution is -0.137. The minimum atomic E-state index is -3.33. The molecule has 0 spiro atoms. The standard InChI is InChI=1S/C38H49F4N7O4/c1-5-25(13-16-46(3)23-24-11-14-43-15-12-24)36(51)48-17-19-49(20-18-48)37(52)28-8-7-27(21-26(28)6-2)45-35(50)34-44-22-30(47(34)4)29-9-10-31(53-38(41)42)33(40)32(29)39/h7-10,21-22,24-25,38,43H,5-6,11-20,23H2,1-4H3,(H,45,50). The number of piperazine rings is 1. The Morgan fingerprint density at radius 3 is 2.38 bits per heavy atom. The van der Waals surface area contributed by atoms with Gasteiger partial charge in [0.1, 0.15) is 0 Å². The number of nitrogens with one attached hydrogen (secondary N) is 2. The number of halogens is 4. The fourth-order valence-electron chi connectivity index (χ4n) is 7.18. The highest BCUT2D eigenvalue weighted by Gasteiger charge is 2.30. The predicted molar refractivity (Wildman–Crippen MR) is 193 cm³/mol. The summed E-state index contributed by atoms with van der Waals surface area (Å²) in [7, 11) is 3.57. The number of benzene rings is 2. The number of ether oxygens (including phenoxy) is 1. The summed E-state index contributed by atoms with van der Waals surface area (Å²) in [4.78, 5) is 50.4. The molecule has 0 aliphatic carbocycles. The van der Waals surface area contributed by atoms with E-state index >= 15 is 0 Å². The van der Waals surface area contributed by atoms with Gasteiger partial charge >= 0.3 is 6.61 Å². The van der Waals surface area contributed by atoms with Crippen molar-refractivity contribution in [3.63, 3.8) is 0 Å². The van der Waals surface area contributed by atoms with Crippen molar-refractivity contribution in [2.24, 2.45) is 18.9 Å². The van der Waals surface area contributed by atoms with Crippen molar-refractivity contribution < 1.29 is 36.7 Å². The summed E-state index contributed by atoms with van der Waals surface area (Å²) in [5.74, 6) is -4.06. The van der Waals surface area contributed by atoms with Gasteiger partial charge < -0.3 is 34.6 Å². The van der Waals surface area contributed by atoms with Gasteiger partial charge in [0.05, 0.1) is 11.9 Å². The third kappa shape index (κ3) is 9.55. The first-order valence-electron chi connectivity index (χ1n) is 18.3. The van der Waals surface area contributed by atoms with Gasteiger partial charge in [0, 0.05) is 62.5 Å². The van der Waals surface area contributed by atoms with Crippen LogP contribution in [0, 0.1) is 23.5 Å². The highest BCUT2D eigenvalue weighted by Crippen LogP contribution is 2.31. The number of hydrogen-bond acceptors (Lipinski definition) is 7. The van der Waals surface area contributed by atoms with Gasteiger partial charge in [-0.25, -0.2) is 9.37 Å². The van der Waals surface area contributed by atoms with Gasteiger partial charge in [-0.05, 0) is 101 Å². The van der Waals surface area contributed by atoms with E-state index in [1.165, 1.54) is 30.7 Å². The Kier molecular flexibility index (Phi) is 13.5. The molecule has 2 N–H and O–H groups in total. The molecule has 3 heterocycles. The van der Waals surface area contributed by atoms with Crippen LogP contribution < -0.4 is 15.4 Å². The van der Waals surface area contributed by atoms with E-state index in [4.69, 9.17) is 0 Å². The Morgan fingerprint density at radius 1 is 1.02 bits per heavy atom. The summed E-state index contributed by atoms with van der Waals surface area (Å²) < 4.78 is 59.5. The number of imidazole rings is 1. The number of anilines is 1. The minimum absolute atomic E-state index is 0.0351. The first-order valence-corrected chi connectivity index (χ1v) is 18.3. The number of rotatable bonds is 14. The van der Waals surface area contributed by atoms with Crippen LogP contribution in [0.5, 0.6) is 5.75 Å². The molecule has 2 aromatic carbocycles. The largest absolute Gasteiger partial charge is 0.432 e. The molecule has 0 saturated carbocycles. The van der Waals surface area contributed by atoms with E-state index in [1.54, 1.807) is 23.1 Å². The first kappa shape index (κ1) is 39.7. The molecule has 3 aromatic rings. The molecule has 1 atom stereocenters. The van der Waals surface area contributed by atoms with Crippen LogP contribution in [0.15, 0.2) is 36.5 Å². The van der Waals surface area contributed by atoms with E-state index in [2.05, 4.69) is 39.2 Å². The summed E-state index contributed by atoms with van der Waals surface area (Å²) in [6, 6.07) is 6.92. The highest BCUT2D eigenvalue weighted by molar-refractivity contribution is 6.03. The lowest BCUT2D eigenvalue weighted by Crippen LogP contribution is -2.52. The average molecular weight is 744 g/mol. The zero-order valence-electron chi connectivity index (χ0n) is 30.8.